The van der Waals surface area contributed by atoms with Gasteiger partial charge in [0.25, 0.3) is 0 Å². The molecule has 0 aliphatic rings. The topological polar surface area (TPSA) is 71.2 Å². The van der Waals surface area contributed by atoms with E-state index in [4.69, 9.17) is 5.73 Å². The van der Waals surface area contributed by atoms with Gasteiger partial charge in [-0.3, -0.25) is 9.78 Å². The van der Waals surface area contributed by atoms with E-state index < -0.39 is 0 Å². The molecule has 0 aliphatic carbocycles. The van der Waals surface area contributed by atoms with Gasteiger partial charge in [0.1, 0.15) is 0 Å². The number of hydrogen-bond acceptors (Lipinski definition) is 4. The maximum absolute atomic E-state index is 11.5. The van der Waals surface area contributed by atoms with Gasteiger partial charge in [-0.05, 0) is 22.4 Å². The lowest BCUT2D eigenvalue weighted by Gasteiger charge is -2.25. The number of amides is 1. The monoisotopic (exact) mass is 300 g/mol. The molecule has 1 amide bonds. The van der Waals surface area contributed by atoms with Crippen LogP contribution in [0.1, 0.15) is 13.3 Å². The quantitative estimate of drug-likeness (QED) is 0.862. The number of pyridine rings is 1. The van der Waals surface area contributed by atoms with Crippen molar-refractivity contribution in [1.82, 2.24) is 10.3 Å². The van der Waals surface area contributed by atoms with Crippen molar-refractivity contribution in [3.05, 3.63) is 16.9 Å². The van der Waals surface area contributed by atoms with Crippen molar-refractivity contribution < 1.29 is 4.79 Å². The molecule has 1 heterocycles. The number of nitrogens with zero attached hydrogens (tertiary/aromatic N) is 2. The van der Waals surface area contributed by atoms with E-state index in [1.165, 1.54) is 0 Å². The van der Waals surface area contributed by atoms with Crippen LogP contribution in [0, 0.1) is 0 Å². The second-order valence-electron chi connectivity index (χ2n) is 3.65. The molecule has 6 heteroatoms. The third kappa shape index (κ3) is 3.59. The summed E-state index contributed by atoms with van der Waals surface area (Å²) < 4.78 is 0.801. The average molecular weight is 301 g/mol. The Morgan fingerprint density at radius 2 is 2.29 bits per heavy atom. The van der Waals surface area contributed by atoms with E-state index in [2.05, 4.69) is 33.2 Å². The second kappa shape index (κ2) is 6.44. The van der Waals surface area contributed by atoms with Crippen LogP contribution in [0.15, 0.2) is 16.9 Å². The highest BCUT2D eigenvalue weighted by Crippen LogP contribution is 2.31. The summed E-state index contributed by atoms with van der Waals surface area (Å²) in [5.41, 5.74) is 7.29. The number of carbonyl (C=O) groups excluding carboxylic acids is 1. The van der Waals surface area contributed by atoms with Gasteiger partial charge in [0.2, 0.25) is 5.91 Å². The molecule has 3 N–H and O–H groups in total. The Labute approximate surface area is 110 Å². The van der Waals surface area contributed by atoms with Gasteiger partial charge in [-0.25, -0.2) is 0 Å². The van der Waals surface area contributed by atoms with Gasteiger partial charge in [-0.2, -0.15) is 0 Å². The molecule has 1 rings (SSSR count). The lowest BCUT2D eigenvalue weighted by molar-refractivity contribution is -0.119. The SMILES string of the molecule is CCCN(CC(=O)NC)c1c(N)cncc1Br. The molecule has 0 fully saturated rings. The minimum atomic E-state index is -0.0402. The number of halogens is 1. The lowest BCUT2D eigenvalue weighted by atomic mass is 10.3. The van der Waals surface area contributed by atoms with Crippen LogP contribution in [-0.2, 0) is 4.79 Å². The second-order valence-corrected chi connectivity index (χ2v) is 4.51. The van der Waals surface area contributed by atoms with Crippen molar-refractivity contribution in [1.29, 1.82) is 0 Å². The van der Waals surface area contributed by atoms with Gasteiger partial charge in [0.15, 0.2) is 0 Å². The molecule has 0 saturated carbocycles. The zero-order valence-electron chi connectivity index (χ0n) is 10.0. The number of nitrogens with one attached hydrogen (secondary N) is 1. The molecule has 0 unspecified atom stereocenters. The van der Waals surface area contributed by atoms with Gasteiger partial charge in [-0.15, -0.1) is 0 Å². The summed E-state index contributed by atoms with van der Waals surface area (Å²) in [6.45, 7) is 3.11. The fourth-order valence-corrected chi connectivity index (χ4v) is 2.17. The predicted molar refractivity (Wildman–Crippen MR) is 72.9 cm³/mol. The summed E-state index contributed by atoms with van der Waals surface area (Å²) in [5, 5.41) is 2.61. The Balaban J connectivity index is 3.00. The number of likely N-dealkylation sites (N-methyl/N-ethyl adjacent to an activating group) is 1. The summed E-state index contributed by atoms with van der Waals surface area (Å²) in [7, 11) is 1.62. The van der Waals surface area contributed by atoms with E-state index in [0.29, 0.717) is 5.69 Å². The van der Waals surface area contributed by atoms with Crippen molar-refractivity contribution >= 4 is 33.2 Å². The standard InChI is InChI=1S/C11H17BrN4O/c1-3-4-16(7-10(17)14-2)11-8(12)5-15-6-9(11)13/h5-6H,3-4,7,13H2,1-2H3,(H,14,17). The largest absolute Gasteiger partial charge is 0.396 e. The van der Waals surface area contributed by atoms with E-state index in [1.807, 2.05) is 4.90 Å². The molecular formula is C11H17BrN4O. The molecule has 5 nitrogen and oxygen atoms in total. The fourth-order valence-electron chi connectivity index (χ4n) is 1.57. The number of aromatic nitrogens is 1. The first-order valence-corrected chi connectivity index (χ1v) is 6.24. The zero-order chi connectivity index (χ0) is 12.8. The lowest BCUT2D eigenvalue weighted by Crippen LogP contribution is -2.36. The Morgan fingerprint density at radius 1 is 1.59 bits per heavy atom. The molecule has 1 aromatic heterocycles. The van der Waals surface area contributed by atoms with Crippen molar-refractivity contribution in [2.24, 2.45) is 0 Å². The molecular weight excluding hydrogens is 284 g/mol. The highest BCUT2D eigenvalue weighted by atomic mass is 79.9. The summed E-state index contributed by atoms with van der Waals surface area (Å²) in [5.74, 6) is -0.0402. The first-order chi connectivity index (χ1) is 8.10. The van der Waals surface area contributed by atoms with Crippen molar-refractivity contribution in [3.63, 3.8) is 0 Å². The summed E-state index contributed by atoms with van der Waals surface area (Å²) >= 11 is 3.41. The smallest absolute Gasteiger partial charge is 0.239 e. The minimum Gasteiger partial charge on any atom is -0.396 e. The van der Waals surface area contributed by atoms with Crippen LogP contribution in [0.2, 0.25) is 0 Å². The van der Waals surface area contributed by atoms with E-state index in [-0.39, 0.29) is 12.5 Å². The number of hydrogen-bond donors (Lipinski definition) is 2. The van der Waals surface area contributed by atoms with Crippen LogP contribution in [0.3, 0.4) is 0 Å². The third-order valence-electron chi connectivity index (χ3n) is 2.32. The van der Waals surface area contributed by atoms with Crippen molar-refractivity contribution in [2.75, 3.05) is 30.8 Å². The van der Waals surface area contributed by atoms with Gasteiger partial charge in [0.05, 0.1) is 28.6 Å². The highest BCUT2D eigenvalue weighted by molar-refractivity contribution is 9.10. The molecule has 17 heavy (non-hydrogen) atoms. The molecule has 0 atom stereocenters. The van der Waals surface area contributed by atoms with Gasteiger partial charge in [0, 0.05) is 19.8 Å². The Morgan fingerprint density at radius 3 is 2.82 bits per heavy atom. The maximum atomic E-state index is 11.5. The highest BCUT2D eigenvalue weighted by Gasteiger charge is 2.15. The normalized spacial score (nSPS) is 10.1. The predicted octanol–water partition coefficient (Wildman–Crippen LogP) is 1.39. The van der Waals surface area contributed by atoms with Crippen LogP contribution in [0.5, 0.6) is 0 Å². The molecule has 0 radical (unpaired) electrons. The summed E-state index contributed by atoms with van der Waals surface area (Å²) in [4.78, 5) is 17.4. The van der Waals surface area contributed by atoms with Crippen molar-refractivity contribution in [3.8, 4) is 0 Å². The van der Waals surface area contributed by atoms with Gasteiger partial charge < -0.3 is 16.0 Å². The zero-order valence-corrected chi connectivity index (χ0v) is 11.6. The van der Waals surface area contributed by atoms with E-state index in [0.717, 1.165) is 23.1 Å². The molecule has 0 bridgehead atoms. The molecule has 0 saturated heterocycles. The van der Waals surface area contributed by atoms with E-state index in [9.17, 15) is 4.79 Å². The average Bonchev–Trinajstić information content (AvgIpc) is 2.28. The van der Waals surface area contributed by atoms with Crippen molar-refractivity contribution in [2.45, 2.75) is 13.3 Å². The summed E-state index contributed by atoms with van der Waals surface area (Å²) in [6.07, 6.45) is 4.20. The first-order valence-electron chi connectivity index (χ1n) is 5.44. The summed E-state index contributed by atoms with van der Waals surface area (Å²) in [6, 6.07) is 0. The number of carbonyl (C=O) groups is 1. The maximum Gasteiger partial charge on any atom is 0.239 e. The van der Waals surface area contributed by atoms with Crippen LogP contribution < -0.4 is 16.0 Å². The Bertz CT molecular complexity index is 377. The molecule has 1 aromatic rings. The van der Waals surface area contributed by atoms with Crippen LogP contribution in [0.25, 0.3) is 0 Å². The molecule has 0 spiro atoms. The molecule has 0 aromatic carbocycles. The number of rotatable bonds is 5. The Kier molecular flexibility index (Phi) is 5.21. The molecule has 94 valence electrons. The number of nitrogens with two attached hydrogens (primary N) is 1. The molecule has 0 aliphatic heterocycles. The Hall–Kier alpha value is -1.30. The van der Waals surface area contributed by atoms with E-state index in [1.54, 1.807) is 19.4 Å². The first kappa shape index (κ1) is 13.8. The number of anilines is 2. The third-order valence-corrected chi connectivity index (χ3v) is 2.90. The van der Waals surface area contributed by atoms with E-state index >= 15 is 0 Å². The minimum absolute atomic E-state index is 0.0402. The van der Waals surface area contributed by atoms with Crippen LogP contribution in [0.4, 0.5) is 11.4 Å². The van der Waals surface area contributed by atoms with Crippen LogP contribution >= 0.6 is 15.9 Å². The fraction of sp³-hybridized carbons (Fsp3) is 0.455. The van der Waals surface area contributed by atoms with Gasteiger partial charge >= 0.3 is 0 Å². The van der Waals surface area contributed by atoms with Gasteiger partial charge in [-0.1, -0.05) is 6.92 Å². The number of nitrogen functional groups attached to an aromatic ring is 1. The van der Waals surface area contributed by atoms with Crippen LogP contribution in [-0.4, -0.2) is 31.0 Å².